The molecule has 8 amide bonds. The first kappa shape index (κ1) is 78.7. The van der Waals surface area contributed by atoms with Gasteiger partial charge in [0.25, 0.3) is 11.8 Å². The Balaban J connectivity index is 1.24. The van der Waals surface area contributed by atoms with E-state index in [0.717, 1.165) is 0 Å². The van der Waals surface area contributed by atoms with Crippen LogP contribution in [0.25, 0.3) is 10.7 Å². The summed E-state index contributed by atoms with van der Waals surface area (Å²) in [6.07, 6.45) is -14.8. The lowest BCUT2D eigenvalue weighted by Gasteiger charge is -2.48. The number of hydrogen-bond acceptors (Lipinski definition) is 29. The van der Waals surface area contributed by atoms with Crippen molar-refractivity contribution in [2.75, 3.05) is 38.5 Å². The van der Waals surface area contributed by atoms with Gasteiger partial charge in [0.1, 0.15) is 76.3 Å². The average Bonchev–Trinajstić information content (AvgIpc) is 0.835. The van der Waals surface area contributed by atoms with Crippen LogP contribution >= 0.6 is 22.7 Å². The molecular formula is C58H90N20O18S2. The molecule has 98 heavy (non-hydrogen) atoms. The van der Waals surface area contributed by atoms with Gasteiger partial charge < -0.3 is 126 Å². The molecule has 40 heteroatoms. The second kappa shape index (κ2) is 36.5. The van der Waals surface area contributed by atoms with Gasteiger partial charge in [-0.05, 0) is 51.9 Å². The maximum absolute atomic E-state index is 15.3. The number of primary amides is 3. The van der Waals surface area contributed by atoms with Crippen molar-refractivity contribution < 1.29 is 87.6 Å². The smallest absolute Gasteiger partial charge is 0.404 e. The number of anilines is 1. The Morgan fingerprint density at radius 3 is 2.15 bits per heavy atom. The van der Waals surface area contributed by atoms with Crippen LogP contribution in [-0.2, 0) is 54.1 Å². The summed E-state index contributed by atoms with van der Waals surface area (Å²) in [5, 5.41) is 75.8. The number of nitrogens with zero attached hydrogens (tertiary/aromatic N) is 6. The molecule has 0 spiro atoms. The number of carbonyl (C=O) groups excluding carboxylic acids is 8. The Morgan fingerprint density at radius 2 is 1.52 bits per heavy atom. The van der Waals surface area contributed by atoms with Crippen LogP contribution in [0, 0.1) is 24.7 Å². The number of thiazole rings is 2. The van der Waals surface area contributed by atoms with Gasteiger partial charge in [0.2, 0.25) is 29.5 Å². The number of aliphatic hydroxyl groups excluding tert-OH is 5. The molecular weight excluding hydrogens is 1330 g/mol. The van der Waals surface area contributed by atoms with Crippen LogP contribution in [0.4, 0.5) is 10.6 Å². The lowest BCUT2D eigenvalue weighted by atomic mass is 9.82. The topological polar surface area (TPSA) is 631 Å². The van der Waals surface area contributed by atoms with Crippen molar-refractivity contribution in [1.29, 1.82) is 0 Å². The third-order valence-corrected chi connectivity index (χ3v) is 18.3. The van der Waals surface area contributed by atoms with E-state index >= 15 is 9.59 Å². The van der Waals surface area contributed by atoms with E-state index in [0.29, 0.717) is 48.1 Å². The lowest BCUT2D eigenvalue weighted by molar-refractivity contribution is -0.360. The molecule has 0 aromatic carbocycles. The second-order valence-electron chi connectivity index (χ2n) is 23.8. The van der Waals surface area contributed by atoms with E-state index < -0.39 is 170 Å². The number of hydrogen-bond donors (Lipinski definition) is 19. The Morgan fingerprint density at radius 1 is 0.806 bits per heavy atom. The number of H-pyrrole nitrogens is 1. The van der Waals surface area contributed by atoms with E-state index in [9.17, 15) is 54.3 Å². The van der Waals surface area contributed by atoms with Gasteiger partial charge in [-0.2, -0.15) is 0 Å². The van der Waals surface area contributed by atoms with Crippen molar-refractivity contribution in [2.45, 2.75) is 178 Å². The van der Waals surface area contributed by atoms with Crippen molar-refractivity contribution in [2.24, 2.45) is 57.1 Å². The predicted molar refractivity (Wildman–Crippen MR) is 350 cm³/mol. The highest BCUT2D eigenvalue weighted by atomic mass is 32.1. The summed E-state index contributed by atoms with van der Waals surface area (Å²) in [6, 6.07) is -7.42. The summed E-state index contributed by atoms with van der Waals surface area (Å²) in [5.41, 5.74) is 39.4. The molecule has 17 unspecified atom stereocenters. The van der Waals surface area contributed by atoms with Crippen molar-refractivity contribution >= 4 is 81.9 Å². The first-order valence-corrected chi connectivity index (χ1v) is 33.1. The Bertz CT molecular complexity index is 3380. The van der Waals surface area contributed by atoms with Crippen molar-refractivity contribution in [3.05, 3.63) is 56.8 Å². The third-order valence-electron chi connectivity index (χ3n) is 16.5. The van der Waals surface area contributed by atoms with Crippen LogP contribution < -0.4 is 72.0 Å². The Hall–Kier alpha value is -8.26. The first-order chi connectivity index (χ1) is 46.3. The minimum Gasteiger partial charge on any atom is -0.441 e. The fourth-order valence-electron chi connectivity index (χ4n) is 10.6. The molecule has 2 fully saturated rings. The van der Waals surface area contributed by atoms with Gasteiger partial charge in [-0.25, -0.2) is 29.7 Å². The van der Waals surface area contributed by atoms with Gasteiger partial charge in [0.05, 0.1) is 72.2 Å². The van der Waals surface area contributed by atoms with Gasteiger partial charge in [-0.3, -0.25) is 38.6 Å². The summed E-state index contributed by atoms with van der Waals surface area (Å²) < 4.78 is 30.6. The third kappa shape index (κ3) is 21.1. The highest BCUT2D eigenvalue weighted by Gasteiger charge is 2.52. The highest BCUT2D eigenvalue weighted by Crippen LogP contribution is 2.40. The van der Waals surface area contributed by atoms with E-state index in [1.54, 1.807) is 17.7 Å². The molecule has 0 aliphatic carbocycles. The first-order valence-electron chi connectivity index (χ1n) is 31.4. The van der Waals surface area contributed by atoms with E-state index in [1.807, 2.05) is 13.8 Å². The molecule has 19 atom stereocenters. The number of aliphatic hydroxyl groups is 5. The normalized spacial score (nSPS) is 23.6. The number of nitrogen functional groups attached to an aromatic ring is 1. The standard InChI is InChI=1S/C58H90N20O18S2/c1-8-33-22(2)23(3)43(94-55-42(84)45(96-58(65)91)41(83)34(18-79)93-55)56(92-33)95-44(30-17-66-21-71-30)39(77-52(89)37-24(4)46(61)78-48(75-37)29(15-35(60)81)70-16-28(59)47(62)85)53(90)72-26(6)40(82)25(5)49(86)76-38(27(7)80)51(88)68-14-11-36-73-32(20-97-36)54-74-31(19-98-54)50(87)67-12-9-10-13-69-57(63)64/h17,19-23,25-29,33-34,38-45,55-56,70,79-80,82-84H,8-16,18,59H2,1-7H3,(H2,60,81)(H2,62,85)(H2,65,91)(H,66,71)(H,67,87)(H,68,88)(H,72,90)(H,76,86)(H,77,89)(H2,61,75,78)(H4,63,64,69)/t22?,23?,25?,26?,27?,28?,29?,33?,34?,38?,39?,40?,41?,42?,43?,44?,45-,55-,56?/m0/s1. The molecule has 4 aromatic heterocycles. The van der Waals surface area contributed by atoms with Gasteiger partial charge in [0, 0.05) is 55.3 Å². The molecule has 6 rings (SSSR count). The number of nitrogens with one attached hydrogen (secondary N) is 7. The molecule has 26 N–H and O–H groups in total. The lowest BCUT2D eigenvalue weighted by Crippen LogP contribution is -2.63. The summed E-state index contributed by atoms with van der Waals surface area (Å²) in [7, 11) is 0. The fraction of sp³-hybridized carbons (Fsp3) is 0.621. The number of aromatic nitrogens is 6. The number of amides is 8. The van der Waals surface area contributed by atoms with Gasteiger partial charge in [0.15, 0.2) is 24.6 Å². The van der Waals surface area contributed by atoms with Crippen LogP contribution in [0.3, 0.4) is 0 Å². The molecule has 2 aliphatic heterocycles. The molecule has 2 aliphatic rings. The molecule has 542 valence electrons. The number of imidazole rings is 1. The molecule has 4 aromatic rings. The maximum atomic E-state index is 15.3. The maximum Gasteiger partial charge on any atom is 0.404 e. The van der Waals surface area contributed by atoms with Gasteiger partial charge in [-0.1, -0.05) is 27.7 Å². The minimum absolute atomic E-state index is 0.00652. The number of unbranched alkanes of at least 4 members (excludes halogenated alkanes) is 1. The van der Waals surface area contributed by atoms with Crippen molar-refractivity contribution in [3.8, 4) is 10.7 Å². The molecule has 2 saturated heterocycles. The number of nitrogens with two attached hydrogens (primary N) is 7. The SMILES string of the molecule is CCC1OC(OC(c2cnc[nH]2)C(NC(=O)c2nc(C(CC(N)=O)NCC(N)C(N)=O)nc(N)c2C)C(=O)NC(C)C(O)C(C)C(=O)NC(C(=O)NCCc2nc(-c3nc(C(=O)NCCCCN=C(N)N)cs3)cs2)C(C)O)C(O[C@@H]2OC(CO)C(O)[C@H](OC(N)=O)C2O)C(C)C1C. The van der Waals surface area contributed by atoms with Crippen LogP contribution in [0.2, 0.25) is 0 Å². The zero-order valence-electron chi connectivity index (χ0n) is 54.9. The largest absolute Gasteiger partial charge is 0.441 e. The van der Waals surface area contributed by atoms with Crippen LogP contribution in [0.1, 0.15) is 122 Å². The van der Waals surface area contributed by atoms with E-state index in [1.165, 1.54) is 62.9 Å². The Labute approximate surface area is 570 Å². The van der Waals surface area contributed by atoms with Crippen LogP contribution in [0.15, 0.2) is 28.3 Å². The number of aromatic amines is 1. The van der Waals surface area contributed by atoms with Crippen molar-refractivity contribution in [1.82, 2.24) is 61.8 Å². The van der Waals surface area contributed by atoms with E-state index in [-0.39, 0.29) is 65.9 Å². The number of aliphatic imine (C=N–C) groups is 1. The van der Waals surface area contributed by atoms with Crippen LogP contribution in [0.5, 0.6) is 0 Å². The van der Waals surface area contributed by atoms with Crippen molar-refractivity contribution in [3.63, 3.8) is 0 Å². The highest BCUT2D eigenvalue weighted by molar-refractivity contribution is 7.14. The average molecular weight is 1420 g/mol. The Kier molecular flexibility index (Phi) is 29.4. The zero-order valence-corrected chi connectivity index (χ0v) is 56.6. The van der Waals surface area contributed by atoms with E-state index in [4.69, 9.17) is 63.8 Å². The summed E-state index contributed by atoms with van der Waals surface area (Å²) in [5.74, 6) is -9.05. The molecule has 0 radical (unpaired) electrons. The fourth-order valence-corrected chi connectivity index (χ4v) is 12.2. The van der Waals surface area contributed by atoms with Gasteiger partial charge >= 0.3 is 6.09 Å². The monoisotopic (exact) mass is 1420 g/mol. The second-order valence-corrected chi connectivity index (χ2v) is 25.6. The molecule has 0 bridgehead atoms. The molecule has 6 heterocycles. The van der Waals surface area contributed by atoms with E-state index in [2.05, 4.69) is 66.8 Å². The summed E-state index contributed by atoms with van der Waals surface area (Å²) in [4.78, 5) is 136. The summed E-state index contributed by atoms with van der Waals surface area (Å²) >= 11 is 2.50. The molecule has 0 saturated carbocycles. The van der Waals surface area contributed by atoms with Crippen LogP contribution in [-0.4, -0.2) is 227 Å². The summed E-state index contributed by atoms with van der Waals surface area (Å²) in [6.45, 7) is 10.4. The number of rotatable bonds is 36. The molecule has 38 nitrogen and oxygen atoms in total. The zero-order chi connectivity index (χ0) is 72.4. The predicted octanol–water partition coefficient (Wildman–Crippen LogP) is -4.95. The quantitative estimate of drug-likeness (QED) is 0.0115. The number of guanidine groups is 1. The number of ether oxygens (including phenoxy) is 5. The van der Waals surface area contributed by atoms with Gasteiger partial charge in [-0.15, -0.1) is 22.7 Å². The number of carbonyl (C=O) groups is 8. The minimum atomic E-state index is -1.98.